The second kappa shape index (κ2) is 4.32. The molecule has 0 spiro atoms. The fraction of sp³-hybridized carbons (Fsp3) is 0.455. The molecule has 5 heteroatoms. The van der Waals surface area contributed by atoms with E-state index in [1.807, 2.05) is 0 Å². The fourth-order valence-corrected chi connectivity index (χ4v) is 2.10. The van der Waals surface area contributed by atoms with E-state index in [1.165, 1.54) is 0 Å². The molecule has 1 aromatic rings. The van der Waals surface area contributed by atoms with Gasteiger partial charge in [-0.25, -0.2) is 0 Å². The third kappa shape index (κ3) is 2.37. The van der Waals surface area contributed by atoms with Crippen molar-refractivity contribution in [3.8, 4) is 0 Å². The molecule has 1 aliphatic heterocycles. The third-order valence-electron chi connectivity index (χ3n) is 2.75. The summed E-state index contributed by atoms with van der Waals surface area (Å²) in [7, 11) is 0. The number of nitrogens with one attached hydrogen (secondary N) is 1. The fourth-order valence-electron chi connectivity index (χ4n) is 1.76. The van der Waals surface area contributed by atoms with E-state index in [0.717, 1.165) is 18.7 Å². The highest BCUT2D eigenvalue weighted by molar-refractivity contribution is 6.42. The maximum Gasteiger partial charge on any atom is 0.0694 e. The van der Waals surface area contributed by atoms with Gasteiger partial charge >= 0.3 is 0 Å². The quantitative estimate of drug-likeness (QED) is 0.804. The smallest absolute Gasteiger partial charge is 0.0694 e. The molecule has 1 aromatic carbocycles. The lowest BCUT2D eigenvalue weighted by molar-refractivity contribution is 0.185. The van der Waals surface area contributed by atoms with Gasteiger partial charge in [-0.3, -0.25) is 0 Å². The molecular formula is C11H14Cl2N2O. The molecule has 1 heterocycles. The van der Waals surface area contributed by atoms with Crippen molar-refractivity contribution in [1.29, 1.82) is 0 Å². The summed E-state index contributed by atoms with van der Waals surface area (Å²) in [6, 6.07) is 3.41. The van der Waals surface area contributed by atoms with E-state index in [9.17, 15) is 0 Å². The lowest BCUT2D eigenvalue weighted by Gasteiger charge is -2.26. The summed E-state index contributed by atoms with van der Waals surface area (Å²) in [5, 5.41) is 4.33. The number of nitrogen functional groups attached to an aromatic ring is 1. The molecule has 0 amide bonds. The summed E-state index contributed by atoms with van der Waals surface area (Å²) in [4.78, 5) is 0. The van der Waals surface area contributed by atoms with Crippen LogP contribution in [0.25, 0.3) is 0 Å². The van der Waals surface area contributed by atoms with Gasteiger partial charge in [-0.05, 0) is 25.5 Å². The van der Waals surface area contributed by atoms with Crippen molar-refractivity contribution < 1.29 is 4.74 Å². The van der Waals surface area contributed by atoms with Crippen molar-refractivity contribution >= 4 is 34.6 Å². The summed E-state index contributed by atoms with van der Waals surface area (Å²) in [5.41, 5.74) is 7.21. The Bertz CT molecular complexity index is 403. The van der Waals surface area contributed by atoms with Crippen LogP contribution in [0.3, 0.4) is 0 Å². The van der Waals surface area contributed by atoms with Crippen molar-refractivity contribution in [2.75, 3.05) is 24.3 Å². The van der Waals surface area contributed by atoms with Crippen LogP contribution in [0.4, 0.5) is 11.4 Å². The summed E-state index contributed by atoms with van der Waals surface area (Å²) in [6.07, 6.45) is 0.951. The standard InChI is InChI=1S/C11H14Cl2N2O/c1-11(2-3-16-6-11)15-10-5-8(13)7(12)4-9(10)14/h4-5,15H,2-3,6,14H2,1H3. The number of halogens is 2. The predicted octanol–water partition coefficient (Wildman–Crippen LogP) is 3.17. The first-order chi connectivity index (χ1) is 7.50. The molecule has 1 fully saturated rings. The molecule has 0 aliphatic carbocycles. The molecule has 0 radical (unpaired) electrons. The van der Waals surface area contributed by atoms with Crippen LogP contribution < -0.4 is 11.1 Å². The number of anilines is 2. The van der Waals surface area contributed by atoms with Gasteiger partial charge in [0.25, 0.3) is 0 Å². The number of rotatable bonds is 2. The highest BCUT2D eigenvalue weighted by atomic mass is 35.5. The van der Waals surface area contributed by atoms with Gasteiger partial charge in [-0.1, -0.05) is 23.2 Å². The van der Waals surface area contributed by atoms with Gasteiger partial charge in [0.1, 0.15) is 0 Å². The van der Waals surface area contributed by atoms with Gasteiger partial charge in [0, 0.05) is 6.61 Å². The number of benzene rings is 1. The largest absolute Gasteiger partial charge is 0.397 e. The Morgan fingerprint density at radius 2 is 2.06 bits per heavy atom. The highest BCUT2D eigenvalue weighted by Gasteiger charge is 2.30. The van der Waals surface area contributed by atoms with E-state index >= 15 is 0 Å². The van der Waals surface area contributed by atoms with Gasteiger partial charge in [-0.2, -0.15) is 0 Å². The minimum atomic E-state index is -0.0781. The van der Waals surface area contributed by atoms with Gasteiger partial charge in [0.2, 0.25) is 0 Å². The first-order valence-corrected chi connectivity index (χ1v) is 5.86. The van der Waals surface area contributed by atoms with Crippen LogP contribution in [-0.4, -0.2) is 18.8 Å². The van der Waals surface area contributed by atoms with Gasteiger partial charge in [-0.15, -0.1) is 0 Å². The van der Waals surface area contributed by atoms with Gasteiger partial charge in [0.15, 0.2) is 0 Å². The van der Waals surface area contributed by atoms with Crippen molar-refractivity contribution in [2.24, 2.45) is 0 Å². The molecule has 1 unspecified atom stereocenters. The number of ether oxygens (including phenoxy) is 1. The Balaban J connectivity index is 2.24. The predicted molar refractivity (Wildman–Crippen MR) is 68.3 cm³/mol. The summed E-state index contributed by atoms with van der Waals surface area (Å²) >= 11 is 11.8. The topological polar surface area (TPSA) is 47.3 Å². The third-order valence-corrected chi connectivity index (χ3v) is 3.47. The molecule has 0 aromatic heterocycles. The van der Waals surface area contributed by atoms with E-state index in [2.05, 4.69) is 12.2 Å². The zero-order valence-corrected chi connectivity index (χ0v) is 10.5. The number of nitrogens with two attached hydrogens (primary N) is 1. The number of hydrogen-bond acceptors (Lipinski definition) is 3. The summed E-state index contributed by atoms with van der Waals surface area (Å²) in [6.45, 7) is 3.54. The molecule has 3 N–H and O–H groups in total. The zero-order chi connectivity index (χ0) is 11.8. The SMILES string of the molecule is CC1(Nc2cc(Cl)c(Cl)cc2N)CCOC1. The lowest BCUT2D eigenvalue weighted by Crippen LogP contribution is -2.35. The Labute approximate surface area is 105 Å². The first-order valence-electron chi connectivity index (χ1n) is 5.11. The monoisotopic (exact) mass is 260 g/mol. The van der Waals surface area contributed by atoms with E-state index in [1.54, 1.807) is 12.1 Å². The average Bonchev–Trinajstić information content (AvgIpc) is 2.62. The molecule has 1 atom stereocenters. The maximum atomic E-state index is 5.96. The minimum Gasteiger partial charge on any atom is -0.397 e. The van der Waals surface area contributed by atoms with E-state index < -0.39 is 0 Å². The molecule has 0 bridgehead atoms. The molecule has 2 rings (SSSR count). The van der Waals surface area contributed by atoms with E-state index in [-0.39, 0.29) is 5.54 Å². The minimum absolute atomic E-state index is 0.0781. The van der Waals surface area contributed by atoms with Crippen molar-refractivity contribution in [1.82, 2.24) is 0 Å². The Hall–Kier alpha value is -0.640. The lowest BCUT2D eigenvalue weighted by atomic mass is 10.0. The Morgan fingerprint density at radius 1 is 1.38 bits per heavy atom. The van der Waals surface area contributed by atoms with Crippen LogP contribution in [0.2, 0.25) is 10.0 Å². The molecule has 3 nitrogen and oxygen atoms in total. The van der Waals surface area contributed by atoms with Crippen LogP contribution in [0, 0.1) is 0 Å². The first kappa shape index (κ1) is 11.8. The normalized spacial score (nSPS) is 24.7. The summed E-state index contributed by atoms with van der Waals surface area (Å²) < 4.78 is 5.36. The number of hydrogen-bond donors (Lipinski definition) is 2. The highest BCUT2D eigenvalue weighted by Crippen LogP contribution is 2.33. The van der Waals surface area contributed by atoms with Crippen LogP contribution in [0.1, 0.15) is 13.3 Å². The Morgan fingerprint density at radius 3 is 2.69 bits per heavy atom. The average molecular weight is 261 g/mol. The molecule has 16 heavy (non-hydrogen) atoms. The van der Waals surface area contributed by atoms with Crippen molar-refractivity contribution in [2.45, 2.75) is 18.9 Å². The van der Waals surface area contributed by atoms with Gasteiger partial charge < -0.3 is 15.8 Å². The van der Waals surface area contributed by atoms with Gasteiger partial charge in [0.05, 0.1) is 33.6 Å². The second-order valence-electron chi connectivity index (χ2n) is 4.34. The molecule has 1 aliphatic rings. The van der Waals surface area contributed by atoms with Crippen LogP contribution in [0.15, 0.2) is 12.1 Å². The molecule has 0 saturated carbocycles. The zero-order valence-electron chi connectivity index (χ0n) is 9.02. The molecule has 88 valence electrons. The van der Waals surface area contributed by atoms with Crippen molar-refractivity contribution in [3.63, 3.8) is 0 Å². The van der Waals surface area contributed by atoms with Crippen LogP contribution in [-0.2, 0) is 4.74 Å². The maximum absolute atomic E-state index is 5.96. The Kier molecular flexibility index (Phi) is 3.19. The van der Waals surface area contributed by atoms with Crippen LogP contribution in [0.5, 0.6) is 0 Å². The molecule has 1 saturated heterocycles. The van der Waals surface area contributed by atoms with E-state index in [0.29, 0.717) is 22.3 Å². The van der Waals surface area contributed by atoms with E-state index in [4.69, 9.17) is 33.7 Å². The van der Waals surface area contributed by atoms with Crippen molar-refractivity contribution in [3.05, 3.63) is 22.2 Å². The summed E-state index contributed by atoms with van der Waals surface area (Å²) in [5.74, 6) is 0. The molecular weight excluding hydrogens is 247 g/mol. The second-order valence-corrected chi connectivity index (χ2v) is 5.16. The van der Waals surface area contributed by atoms with Crippen LogP contribution >= 0.6 is 23.2 Å².